The molecule has 0 N–H and O–H groups in total. The van der Waals surface area contributed by atoms with Crippen molar-refractivity contribution in [1.82, 2.24) is 0 Å². The average Bonchev–Trinajstić information content (AvgIpc) is 2.49. The minimum Gasteiger partial charge on any atom is -0.469 e. The standard InChI is InChI=1S/C14H20O3.C2H6/c1-12(14(15)16-2)7-6-10-17-11-13-8-4-3-5-9-13;1-2/h3-5,8-9,12H,6-7,10-11H2,1-2H3;1-2H3. The first-order chi connectivity index (χ1) is 9.24. The Morgan fingerprint density at radius 1 is 1.21 bits per heavy atom. The van der Waals surface area contributed by atoms with Gasteiger partial charge >= 0.3 is 5.97 Å². The number of hydrogen-bond donors (Lipinski definition) is 0. The second-order valence-electron chi connectivity index (χ2n) is 4.10. The van der Waals surface area contributed by atoms with Crippen LogP contribution >= 0.6 is 0 Å². The smallest absolute Gasteiger partial charge is 0.308 e. The van der Waals surface area contributed by atoms with E-state index in [2.05, 4.69) is 4.74 Å². The zero-order valence-corrected chi connectivity index (χ0v) is 12.5. The fraction of sp³-hybridized carbons (Fsp3) is 0.562. The fourth-order valence-corrected chi connectivity index (χ4v) is 1.57. The van der Waals surface area contributed by atoms with Crippen LogP contribution < -0.4 is 0 Å². The minimum absolute atomic E-state index is 0.0414. The van der Waals surface area contributed by atoms with Crippen molar-refractivity contribution >= 4 is 5.97 Å². The third kappa shape index (κ3) is 8.38. The molecule has 0 saturated heterocycles. The van der Waals surface area contributed by atoms with Crippen LogP contribution in [0.5, 0.6) is 0 Å². The molecule has 0 spiro atoms. The number of benzene rings is 1. The van der Waals surface area contributed by atoms with Crippen LogP contribution in [0.15, 0.2) is 30.3 Å². The van der Waals surface area contributed by atoms with Gasteiger partial charge < -0.3 is 9.47 Å². The van der Waals surface area contributed by atoms with E-state index in [9.17, 15) is 4.79 Å². The second-order valence-corrected chi connectivity index (χ2v) is 4.10. The van der Waals surface area contributed by atoms with E-state index in [1.54, 1.807) is 0 Å². The van der Waals surface area contributed by atoms with Crippen molar-refractivity contribution in [2.75, 3.05) is 13.7 Å². The van der Waals surface area contributed by atoms with Gasteiger partial charge in [-0.1, -0.05) is 51.1 Å². The zero-order valence-electron chi connectivity index (χ0n) is 12.5. The average molecular weight is 266 g/mol. The number of esters is 1. The summed E-state index contributed by atoms with van der Waals surface area (Å²) in [6, 6.07) is 10.1. The molecule has 0 fully saturated rings. The van der Waals surface area contributed by atoms with E-state index in [4.69, 9.17) is 4.74 Å². The van der Waals surface area contributed by atoms with E-state index in [1.165, 1.54) is 12.7 Å². The van der Waals surface area contributed by atoms with E-state index >= 15 is 0 Å². The summed E-state index contributed by atoms with van der Waals surface area (Å²) in [5.74, 6) is -0.187. The van der Waals surface area contributed by atoms with Gasteiger partial charge in [-0.25, -0.2) is 0 Å². The number of ether oxygens (including phenoxy) is 2. The summed E-state index contributed by atoms with van der Waals surface area (Å²) in [5, 5.41) is 0. The molecule has 0 bridgehead atoms. The molecule has 19 heavy (non-hydrogen) atoms. The van der Waals surface area contributed by atoms with Crippen molar-refractivity contribution in [2.24, 2.45) is 5.92 Å². The highest BCUT2D eigenvalue weighted by Crippen LogP contribution is 2.08. The summed E-state index contributed by atoms with van der Waals surface area (Å²) in [7, 11) is 1.42. The topological polar surface area (TPSA) is 35.5 Å². The highest BCUT2D eigenvalue weighted by molar-refractivity contribution is 5.71. The molecule has 1 aromatic carbocycles. The first-order valence-corrected chi connectivity index (χ1v) is 6.93. The summed E-state index contributed by atoms with van der Waals surface area (Å²) in [6.07, 6.45) is 1.69. The predicted molar refractivity (Wildman–Crippen MR) is 77.9 cm³/mol. The second kappa shape index (κ2) is 11.7. The molecule has 0 aromatic heterocycles. The lowest BCUT2D eigenvalue weighted by Crippen LogP contribution is -2.13. The Hall–Kier alpha value is -1.35. The summed E-state index contributed by atoms with van der Waals surface area (Å²) in [5.41, 5.74) is 1.17. The van der Waals surface area contributed by atoms with Crippen molar-refractivity contribution in [3.63, 3.8) is 0 Å². The van der Waals surface area contributed by atoms with Gasteiger partial charge in [0.1, 0.15) is 0 Å². The summed E-state index contributed by atoms with van der Waals surface area (Å²) in [6.45, 7) is 7.19. The minimum atomic E-state index is -0.145. The van der Waals surface area contributed by atoms with Crippen LogP contribution in [0.1, 0.15) is 39.2 Å². The SMILES string of the molecule is CC.COC(=O)C(C)CCCOCc1ccccc1. The monoisotopic (exact) mass is 266 g/mol. The Morgan fingerprint density at radius 2 is 1.84 bits per heavy atom. The van der Waals surface area contributed by atoms with Crippen molar-refractivity contribution in [2.45, 2.75) is 40.2 Å². The molecule has 0 aliphatic carbocycles. The molecule has 0 aliphatic heterocycles. The molecule has 1 aromatic rings. The molecule has 1 rings (SSSR count). The van der Waals surface area contributed by atoms with Gasteiger partial charge in [0.2, 0.25) is 0 Å². The Kier molecular flexibility index (Phi) is 10.9. The van der Waals surface area contributed by atoms with Gasteiger partial charge in [0, 0.05) is 6.61 Å². The van der Waals surface area contributed by atoms with Crippen LogP contribution in [0, 0.1) is 5.92 Å². The first kappa shape index (κ1) is 17.6. The number of carbonyl (C=O) groups excluding carboxylic acids is 1. The van der Waals surface area contributed by atoms with Crippen molar-refractivity contribution in [3.8, 4) is 0 Å². The number of methoxy groups -OCH3 is 1. The molecule has 3 nitrogen and oxygen atoms in total. The number of carbonyl (C=O) groups is 1. The van der Waals surface area contributed by atoms with E-state index in [1.807, 2.05) is 51.1 Å². The van der Waals surface area contributed by atoms with Crippen molar-refractivity contribution < 1.29 is 14.3 Å². The number of rotatable bonds is 7. The van der Waals surface area contributed by atoms with Crippen molar-refractivity contribution in [3.05, 3.63) is 35.9 Å². The van der Waals surface area contributed by atoms with E-state index < -0.39 is 0 Å². The molecule has 0 heterocycles. The van der Waals surface area contributed by atoms with Gasteiger partial charge in [0.05, 0.1) is 19.6 Å². The van der Waals surface area contributed by atoms with Crippen LogP contribution in [-0.2, 0) is 20.9 Å². The van der Waals surface area contributed by atoms with Crippen LogP contribution in [0.3, 0.4) is 0 Å². The Bertz CT molecular complexity index is 322. The lowest BCUT2D eigenvalue weighted by atomic mass is 10.1. The summed E-state index contributed by atoms with van der Waals surface area (Å²) < 4.78 is 10.2. The maximum absolute atomic E-state index is 11.1. The van der Waals surface area contributed by atoms with E-state index in [0.29, 0.717) is 13.2 Å². The number of hydrogen-bond acceptors (Lipinski definition) is 3. The Labute approximate surface area is 116 Å². The highest BCUT2D eigenvalue weighted by atomic mass is 16.5. The summed E-state index contributed by atoms with van der Waals surface area (Å²) in [4.78, 5) is 11.1. The molecular weight excluding hydrogens is 240 g/mol. The van der Waals surface area contributed by atoms with Crippen LogP contribution in [0.4, 0.5) is 0 Å². The first-order valence-electron chi connectivity index (χ1n) is 6.93. The van der Waals surface area contributed by atoms with Gasteiger partial charge in [-0.05, 0) is 18.4 Å². The molecule has 0 amide bonds. The third-order valence-electron chi connectivity index (χ3n) is 2.64. The van der Waals surface area contributed by atoms with Gasteiger partial charge in [-0.3, -0.25) is 4.79 Å². The quantitative estimate of drug-likeness (QED) is 0.556. The highest BCUT2D eigenvalue weighted by Gasteiger charge is 2.11. The molecule has 108 valence electrons. The normalized spacial score (nSPS) is 11.2. The largest absolute Gasteiger partial charge is 0.469 e. The van der Waals surface area contributed by atoms with Gasteiger partial charge in [0.25, 0.3) is 0 Å². The van der Waals surface area contributed by atoms with Gasteiger partial charge in [-0.2, -0.15) is 0 Å². The molecule has 3 heteroatoms. The Morgan fingerprint density at radius 3 is 2.42 bits per heavy atom. The third-order valence-corrected chi connectivity index (χ3v) is 2.64. The van der Waals surface area contributed by atoms with Gasteiger partial charge in [-0.15, -0.1) is 0 Å². The predicted octanol–water partition coefficient (Wildman–Crippen LogP) is 3.82. The fourth-order valence-electron chi connectivity index (χ4n) is 1.57. The molecular formula is C16H26O3. The maximum atomic E-state index is 11.1. The van der Waals surface area contributed by atoms with Crippen LogP contribution in [-0.4, -0.2) is 19.7 Å². The van der Waals surface area contributed by atoms with E-state index in [-0.39, 0.29) is 11.9 Å². The summed E-state index contributed by atoms with van der Waals surface area (Å²) >= 11 is 0. The molecule has 1 atom stereocenters. The zero-order chi connectivity index (χ0) is 14.5. The molecule has 1 unspecified atom stereocenters. The molecule has 0 radical (unpaired) electrons. The van der Waals surface area contributed by atoms with Crippen molar-refractivity contribution in [1.29, 1.82) is 0 Å². The molecule has 0 aliphatic rings. The van der Waals surface area contributed by atoms with Gasteiger partial charge in [0.15, 0.2) is 0 Å². The van der Waals surface area contributed by atoms with Crippen LogP contribution in [0.25, 0.3) is 0 Å². The Balaban J connectivity index is 0.00000154. The lowest BCUT2D eigenvalue weighted by molar-refractivity contribution is -0.145. The van der Waals surface area contributed by atoms with E-state index in [0.717, 1.165) is 12.8 Å². The van der Waals surface area contributed by atoms with Crippen LogP contribution in [0.2, 0.25) is 0 Å². The lowest BCUT2D eigenvalue weighted by Gasteiger charge is -2.09. The maximum Gasteiger partial charge on any atom is 0.308 e. The molecule has 0 saturated carbocycles.